The van der Waals surface area contributed by atoms with Gasteiger partial charge in [-0.05, 0) is 42.3 Å². The number of carbonyl (C=O) groups is 1. The number of amides is 1. The minimum atomic E-state index is -0.464. The second-order valence-electron chi connectivity index (χ2n) is 5.82. The van der Waals surface area contributed by atoms with Crippen molar-refractivity contribution in [3.63, 3.8) is 0 Å². The fraction of sp³-hybridized carbons (Fsp3) is 0.100. The van der Waals surface area contributed by atoms with Crippen LogP contribution in [-0.2, 0) is 11.4 Å². The maximum absolute atomic E-state index is 12.2. The Morgan fingerprint density at radius 1 is 1.25 bits per heavy atom. The molecule has 2 aromatic heterocycles. The average molecular weight is 395 g/mol. The Bertz CT molecular complexity index is 1030. The van der Waals surface area contributed by atoms with E-state index in [2.05, 4.69) is 10.3 Å². The highest BCUT2D eigenvalue weighted by atomic mass is 32.1. The first-order valence-corrected chi connectivity index (χ1v) is 9.20. The zero-order chi connectivity index (χ0) is 19.9. The van der Waals surface area contributed by atoms with E-state index in [9.17, 15) is 14.9 Å². The van der Waals surface area contributed by atoms with Crippen molar-refractivity contribution in [1.29, 1.82) is 0 Å². The van der Waals surface area contributed by atoms with Crippen LogP contribution in [0.3, 0.4) is 0 Å². The first kappa shape index (κ1) is 19.2. The molecule has 0 atom stereocenters. The van der Waals surface area contributed by atoms with Gasteiger partial charge < -0.3 is 10.1 Å². The van der Waals surface area contributed by atoms with Gasteiger partial charge in [0.1, 0.15) is 6.61 Å². The van der Waals surface area contributed by atoms with Crippen molar-refractivity contribution in [1.82, 2.24) is 4.98 Å². The number of nitro groups is 1. The van der Waals surface area contributed by atoms with Gasteiger partial charge in [0.15, 0.2) is 11.6 Å². The monoisotopic (exact) mass is 395 g/mol. The quantitative estimate of drug-likeness (QED) is 0.359. The van der Waals surface area contributed by atoms with Gasteiger partial charge in [-0.1, -0.05) is 35.6 Å². The molecule has 0 fully saturated rings. The molecule has 0 saturated carbocycles. The van der Waals surface area contributed by atoms with Crippen LogP contribution in [0.15, 0.2) is 60.8 Å². The maximum atomic E-state index is 12.2. The smallest absolute Gasteiger partial charge is 0.324 e. The lowest BCUT2D eigenvalue weighted by Gasteiger charge is -2.11. The number of aromatic nitrogens is 1. The van der Waals surface area contributed by atoms with Crippen molar-refractivity contribution in [3.8, 4) is 5.75 Å². The summed E-state index contributed by atoms with van der Waals surface area (Å²) in [6.45, 7) is 2.36. The number of nitrogens with zero attached hydrogens (tertiary/aromatic N) is 2. The highest BCUT2D eigenvalue weighted by Gasteiger charge is 2.10. The van der Waals surface area contributed by atoms with Crippen LogP contribution in [0.25, 0.3) is 6.08 Å². The molecule has 0 bridgehead atoms. The van der Waals surface area contributed by atoms with E-state index in [1.807, 2.05) is 31.2 Å². The molecular weight excluding hydrogens is 378 g/mol. The summed E-state index contributed by atoms with van der Waals surface area (Å²) in [7, 11) is 0. The van der Waals surface area contributed by atoms with Crippen LogP contribution in [0.5, 0.6) is 5.75 Å². The Labute approximate surface area is 165 Å². The topological polar surface area (TPSA) is 94.4 Å². The van der Waals surface area contributed by atoms with Crippen molar-refractivity contribution >= 4 is 34.1 Å². The van der Waals surface area contributed by atoms with Crippen molar-refractivity contribution in [2.45, 2.75) is 13.5 Å². The van der Waals surface area contributed by atoms with Gasteiger partial charge in [-0.25, -0.2) is 4.98 Å². The van der Waals surface area contributed by atoms with Gasteiger partial charge in [0.05, 0.1) is 4.92 Å². The Balaban J connectivity index is 1.65. The minimum absolute atomic E-state index is 0.0247. The van der Waals surface area contributed by atoms with Gasteiger partial charge in [-0.15, -0.1) is 0 Å². The summed E-state index contributed by atoms with van der Waals surface area (Å²) in [5, 5.41) is 13.4. The number of hydrogen-bond acceptors (Lipinski definition) is 6. The summed E-state index contributed by atoms with van der Waals surface area (Å²) in [5.74, 6) is 0.359. The Morgan fingerprint density at radius 3 is 2.82 bits per heavy atom. The van der Waals surface area contributed by atoms with Crippen molar-refractivity contribution in [2.75, 3.05) is 5.32 Å². The van der Waals surface area contributed by atoms with E-state index < -0.39 is 10.8 Å². The van der Waals surface area contributed by atoms with Crippen molar-refractivity contribution in [2.24, 2.45) is 0 Å². The summed E-state index contributed by atoms with van der Waals surface area (Å²) >= 11 is 0.993. The molecule has 8 heteroatoms. The molecule has 0 aliphatic heterocycles. The molecule has 0 unspecified atom stereocenters. The van der Waals surface area contributed by atoms with E-state index in [-0.39, 0.29) is 5.00 Å². The van der Waals surface area contributed by atoms with E-state index in [4.69, 9.17) is 4.74 Å². The van der Waals surface area contributed by atoms with E-state index >= 15 is 0 Å². The standard InChI is InChI=1S/C20H17N3O4S/c1-14-5-2-3-6-15(14)13-27-17-7-4-12-21-20(17)22-18(24)10-8-16-9-11-19(28-16)23(25)26/h2-12H,13H2,1H3,(H,21,22,24)/b10-8+. The summed E-state index contributed by atoms with van der Waals surface area (Å²) in [5.41, 5.74) is 2.16. The normalized spacial score (nSPS) is 10.8. The van der Waals surface area contributed by atoms with E-state index in [1.165, 1.54) is 18.2 Å². The number of pyridine rings is 1. The second kappa shape index (κ2) is 8.92. The summed E-state index contributed by atoms with van der Waals surface area (Å²) in [4.78, 5) is 27.2. The Kier molecular flexibility index (Phi) is 6.13. The highest BCUT2D eigenvalue weighted by molar-refractivity contribution is 7.16. The van der Waals surface area contributed by atoms with Crippen LogP contribution in [0.4, 0.5) is 10.8 Å². The second-order valence-corrected chi connectivity index (χ2v) is 6.91. The van der Waals surface area contributed by atoms with Crippen LogP contribution in [0.1, 0.15) is 16.0 Å². The SMILES string of the molecule is Cc1ccccc1COc1cccnc1NC(=O)/C=C/c1ccc([N+](=O)[O-])s1. The predicted octanol–water partition coefficient (Wildman–Crippen LogP) is 4.59. The number of hydrogen-bond donors (Lipinski definition) is 1. The summed E-state index contributed by atoms with van der Waals surface area (Å²) in [6, 6.07) is 14.3. The van der Waals surface area contributed by atoms with Crippen LogP contribution in [0, 0.1) is 17.0 Å². The molecule has 142 valence electrons. The van der Waals surface area contributed by atoms with E-state index in [1.54, 1.807) is 24.4 Å². The number of benzene rings is 1. The number of ether oxygens (including phenoxy) is 1. The molecule has 0 radical (unpaired) electrons. The first-order valence-electron chi connectivity index (χ1n) is 8.38. The van der Waals surface area contributed by atoms with Gasteiger partial charge >= 0.3 is 5.00 Å². The molecule has 1 N–H and O–H groups in total. The van der Waals surface area contributed by atoms with Crippen molar-refractivity contribution in [3.05, 3.63) is 86.9 Å². The van der Waals surface area contributed by atoms with Gasteiger partial charge in [0.25, 0.3) is 0 Å². The fourth-order valence-electron chi connectivity index (χ4n) is 2.37. The van der Waals surface area contributed by atoms with Crippen molar-refractivity contribution < 1.29 is 14.5 Å². The Hall–Kier alpha value is -3.52. The summed E-state index contributed by atoms with van der Waals surface area (Å²) < 4.78 is 5.82. The van der Waals surface area contributed by atoms with Gasteiger partial charge in [-0.3, -0.25) is 14.9 Å². The predicted molar refractivity (Wildman–Crippen MR) is 108 cm³/mol. The molecule has 7 nitrogen and oxygen atoms in total. The van der Waals surface area contributed by atoms with Crippen LogP contribution >= 0.6 is 11.3 Å². The molecule has 0 saturated heterocycles. The zero-order valence-corrected chi connectivity index (χ0v) is 15.8. The fourth-order valence-corrected chi connectivity index (χ4v) is 3.10. The van der Waals surface area contributed by atoms with Gasteiger partial charge in [0.2, 0.25) is 5.91 Å². The van der Waals surface area contributed by atoms with Crippen LogP contribution < -0.4 is 10.1 Å². The van der Waals surface area contributed by atoms with Crippen LogP contribution in [-0.4, -0.2) is 15.8 Å². The molecule has 0 aliphatic rings. The molecule has 28 heavy (non-hydrogen) atoms. The third kappa shape index (κ3) is 5.01. The third-order valence-corrected chi connectivity index (χ3v) is 4.85. The molecule has 1 amide bonds. The summed E-state index contributed by atoms with van der Waals surface area (Å²) in [6.07, 6.45) is 4.38. The third-order valence-electron chi connectivity index (χ3n) is 3.85. The number of thiophene rings is 1. The lowest BCUT2D eigenvalue weighted by atomic mass is 10.1. The average Bonchev–Trinajstić information content (AvgIpc) is 3.16. The number of nitrogens with one attached hydrogen (secondary N) is 1. The number of aryl methyl sites for hydroxylation is 1. The molecule has 3 rings (SSSR count). The number of rotatable bonds is 7. The lowest BCUT2D eigenvalue weighted by molar-refractivity contribution is -0.380. The number of carbonyl (C=O) groups excluding carboxylic acids is 1. The largest absolute Gasteiger partial charge is 0.485 e. The lowest BCUT2D eigenvalue weighted by Crippen LogP contribution is -2.11. The highest BCUT2D eigenvalue weighted by Crippen LogP contribution is 2.25. The zero-order valence-electron chi connectivity index (χ0n) is 15.0. The molecule has 0 aliphatic carbocycles. The molecule has 2 heterocycles. The van der Waals surface area contributed by atoms with Crippen LogP contribution in [0.2, 0.25) is 0 Å². The number of anilines is 1. The molecule has 1 aromatic carbocycles. The van der Waals surface area contributed by atoms with Gasteiger partial charge in [0, 0.05) is 23.2 Å². The first-order chi connectivity index (χ1) is 13.5. The molecular formula is C20H17N3O4S. The Morgan fingerprint density at radius 2 is 2.07 bits per heavy atom. The molecule has 0 spiro atoms. The minimum Gasteiger partial charge on any atom is -0.485 e. The van der Waals surface area contributed by atoms with E-state index in [0.717, 1.165) is 22.5 Å². The van der Waals surface area contributed by atoms with Gasteiger partial charge in [-0.2, -0.15) is 0 Å². The van der Waals surface area contributed by atoms with E-state index in [0.29, 0.717) is 23.1 Å². The molecule has 3 aromatic rings. The maximum Gasteiger partial charge on any atom is 0.324 e.